The predicted octanol–water partition coefficient (Wildman–Crippen LogP) is 6.34. The van der Waals surface area contributed by atoms with Gasteiger partial charge in [-0.15, -0.1) is 0 Å². The van der Waals surface area contributed by atoms with E-state index in [9.17, 15) is 4.79 Å². The number of fused-ring (bicyclic) bond motifs is 2. The first-order valence-corrected chi connectivity index (χ1v) is 13.1. The standard InChI is InChI=1S/C32H33N3O2/c36-32(20-17-25-10-2-1-3-11-25)33-21-8-16-31-34-29-14-6-7-15-30(29)35(31)22-9-23-37-28-19-18-26-12-4-5-13-27(26)24-28/h1-7,10-15,18-19,24H,8-9,16-17,20-23H2,(H,33,36). The predicted molar refractivity (Wildman–Crippen MR) is 150 cm³/mol. The van der Waals surface area contributed by atoms with Crippen molar-refractivity contribution < 1.29 is 9.53 Å². The molecule has 0 fully saturated rings. The van der Waals surface area contributed by atoms with Crippen molar-refractivity contribution in [2.24, 2.45) is 0 Å². The molecule has 0 unspecified atom stereocenters. The molecule has 4 aromatic carbocycles. The molecule has 37 heavy (non-hydrogen) atoms. The third-order valence-electron chi connectivity index (χ3n) is 6.63. The van der Waals surface area contributed by atoms with Gasteiger partial charge in [0.2, 0.25) is 5.91 Å². The van der Waals surface area contributed by atoms with Gasteiger partial charge in [0.1, 0.15) is 11.6 Å². The zero-order valence-electron chi connectivity index (χ0n) is 21.1. The highest BCUT2D eigenvalue weighted by Crippen LogP contribution is 2.21. The molecule has 188 valence electrons. The van der Waals surface area contributed by atoms with Crippen LogP contribution in [0.2, 0.25) is 0 Å². The molecule has 1 N–H and O–H groups in total. The van der Waals surface area contributed by atoms with Crippen molar-refractivity contribution in [1.82, 2.24) is 14.9 Å². The van der Waals surface area contributed by atoms with Crippen LogP contribution in [0.25, 0.3) is 21.8 Å². The molecular formula is C32H33N3O2. The van der Waals surface area contributed by atoms with Crippen LogP contribution >= 0.6 is 0 Å². The lowest BCUT2D eigenvalue weighted by atomic mass is 10.1. The molecule has 0 aliphatic rings. The van der Waals surface area contributed by atoms with Gasteiger partial charge >= 0.3 is 0 Å². The largest absolute Gasteiger partial charge is 0.494 e. The number of carbonyl (C=O) groups is 1. The fourth-order valence-electron chi connectivity index (χ4n) is 4.70. The summed E-state index contributed by atoms with van der Waals surface area (Å²) in [7, 11) is 0. The number of carbonyl (C=O) groups excluding carboxylic acids is 1. The Labute approximate surface area is 218 Å². The molecule has 1 aromatic heterocycles. The number of imidazole rings is 1. The van der Waals surface area contributed by atoms with Gasteiger partial charge in [0.25, 0.3) is 0 Å². The van der Waals surface area contributed by atoms with Crippen molar-refractivity contribution >= 4 is 27.7 Å². The van der Waals surface area contributed by atoms with E-state index in [1.165, 1.54) is 16.3 Å². The Hall–Kier alpha value is -4.12. The summed E-state index contributed by atoms with van der Waals surface area (Å²) in [5, 5.41) is 5.47. The van der Waals surface area contributed by atoms with E-state index in [4.69, 9.17) is 9.72 Å². The van der Waals surface area contributed by atoms with Gasteiger partial charge in [-0.05, 0) is 59.9 Å². The molecule has 0 spiro atoms. The van der Waals surface area contributed by atoms with E-state index < -0.39 is 0 Å². The molecule has 5 heteroatoms. The quantitative estimate of drug-likeness (QED) is 0.207. The first-order chi connectivity index (χ1) is 18.3. The lowest BCUT2D eigenvalue weighted by Crippen LogP contribution is -2.25. The number of para-hydroxylation sites is 2. The molecule has 5 nitrogen and oxygen atoms in total. The van der Waals surface area contributed by atoms with Crippen LogP contribution in [-0.4, -0.2) is 28.6 Å². The van der Waals surface area contributed by atoms with E-state index >= 15 is 0 Å². The highest BCUT2D eigenvalue weighted by molar-refractivity contribution is 5.83. The van der Waals surface area contributed by atoms with Crippen molar-refractivity contribution in [3.63, 3.8) is 0 Å². The maximum absolute atomic E-state index is 12.3. The van der Waals surface area contributed by atoms with Crippen LogP contribution in [0.5, 0.6) is 5.75 Å². The molecule has 5 rings (SSSR count). The van der Waals surface area contributed by atoms with Gasteiger partial charge in [0, 0.05) is 25.9 Å². The van der Waals surface area contributed by atoms with Crippen molar-refractivity contribution in [3.05, 3.63) is 108 Å². The molecule has 0 saturated heterocycles. The van der Waals surface area contributed by atoms with Gasteiger partial charge in [-0.1, -0.05) is 72.8 Å². The summed E-state index contributed by atoms with van der Waals surface area (Å²) >= 11 is 0. The molecule has 0 atom stereocenters. The maximum atomic E-state index is 12.3. The summed E-state index contributed by atoms with van der Waals surface area (Å²) in [6, 6.07) is 33.0. The number of nitrogens with one attached hydrogen (secondary N) is 1. The Kier molecular flexibility index (Phi) is 8.11. The molecule has 0 aliphatic carbocycles. The minimum absolute atomic E-state index is 0.100. The highest BCUT2D eigenvalue weighted by atomic mass is 16.5. The van der Waals surface area contributed by atoms with Gasteiger partial charge in [-0.3, -0.25) is 4.79 Å². The second-order valence-electron chi connectivity index (χ2n) is 9.32. The number of ether oxygens (including phenoxy) is 1. The monoisotopic (exact) mass is 491 g/mol. The number of aryl methyl sites for hydroxylation is 3. The Morgan fingerprint density at radius 3 is 2.49 bits per heavy atom. The normalized spacial score (nSPS) is 11.1. The topological polar surface area (TPSA) is 56.2 Å². The van der Waals surface area contributed by atoms with Crippen LogP contribution in [0.1, 0.15) is 30.7 Å². The van der Waals surface area contributed by atoms with Crippen LogP contribution in [0.3, 0.4) is 0 Å². The summed E-state index contributed by atoms with van der Waals surface area (Å²) in [5.74, 6) is 2.06. The zero-order valence-corrected chi connectivity index (χ0v) is 21.1. The Bertz CT molecular complexity index is 1460. The number of amides is 1. The van der Waals surface area contributed by atoms with Gasteiger partial charge in [-0.2, -0.15) is 0 Å². The summed E-state index contributed by atoms with van der Waals surface area (Å²) in [5.41, 5.74) is 3.35. The molecule has 1 heterocycles. The van der Waals surface area contributed by atoms with Gasteiger partial charge in [-0.25, -0.2) is 4.98 Å². The molecule has 0 aliphatic heterocycles. The highest BCUT2D eigenvalue weighted by Gasteiger charge is 2.11. The summed E-state index contributed by atoms with van der Waals surface area (Å²) in [6.45, 7) is 2.14. The Balaban J connectivity index is 1.12. The summed E-state index contributed by atoms with van der Waals surface area (Å²) in [6.07, 6.45) is 3.84. The van der Waals surface area contributed by atoms with Crippen molar-refractivity contribution in [2.45, 2.75) is 38.6 Å². The van der Waals surface area contributed by atoms with Crippen LogP contribution in [-0.2, 0) is 24.2 Å². The Morgan fingerprint density at radius 1 is 0.811 bits per heavy atom. The van der Waals surface area contributed by atoms with E-state index in [0.29, 0.717) is 19.6 Å². The molecule has 0 bridgehead atoms. The number of aromatic nitrogens is 2. The fraction of sp³-hybridized carbons (Fsp3) is 0.250. The lowest BCUT2D eigenvalue weighted by Gasteiger charge is -2.11. The lowest BCUT2D eigenvalue weighted by molar-refractivity contribution is -0.121. The third-order valence-corrected chi connectivity index (χ3v) is 6.63. The number of hydrogen-bond acceptors (Lipinski definition) is 3. The van der Waals surface area contributed by atoms with Gasteiger partial charge in [0.05, 0.1) is 17.6 Å². The molecule has 5 aromatic rings. The van der Waals surface area contributed by atoms with E-state index in [1.54, 1.807) is 0 Å². The van der Waals surface area contributed by atoms with E-state index in [-0.39, 0.29) is 5.91 Å². The van der Waals surface area contributed by atoms with Crippen molar-refractivity contribution in [1.29, 1.82) is 0 Å². The Morgan fingerprint density at radius 2 is 1.59 bits per heavy atom. The van der Waals surface area contributed by atoms with Crippen molar-refractivity contribution in [3.8, 4) is 5.75 Å². The average Bonchev–Trinajstić information content (AvgIpc) is 3.30. The third kappa shape index (κ3) is 6.56. The fourth-order valence-corrected chi connectivity index (χ4v) is 4.70. The molecule has 0 radical (unpaired) electrons. The maximum Gasteiger partial charge on any atom is 0.220 e. The molecule has 1 amide bonds. The second kappa shape index (κ2) is 12.2. The van der Waals surface area contributed by atoms with E-state index in [2.05, 4.69) is 70.5 Å². The average molecular weight is 492 g/mol. The number of rotatable bonds is 12. The summed E-state index contributed by atoms with van der Waals surface area (Å²) < 4.78 is 8.36. The SMILES string of the molecule is O=C(CCc1ccccc1)NCCCc1nc2ccccc2n1CCCOc1ccc2ccccc2c1. The second-order valence-corrected chi connectivity index (χ2v) is 9.32. The van der Waals surface area contributed by atoms with Crippen LogP contribution < -0.4 is 10.1 Å². The zero-order chi connectivity index (χ0) is 25.3. The van der Waals surface area contributed by atoms with Crippen LogP contribution in [0.15, 0.2) is 97.1 Å². The first-order valence-electron chi connectivity index (χ1n) is 13.1. The minimum Gasteiger partial charge on any atom is -0.494 e. The number of benzene rings is 4. The van der Waals surface area contributed by atoms with Gasteiger partial charge in [0.15, 0.2) is 0 Å². The molecular weight excluding hydrogens is 458 g/mol. The van der Waals surface area contributed by atoms with E-state index in [0.717, 1.165) is 54.8 Å². The van der Waals surface area contributed by atoms with E-state index in [1.807, 2.05) is 36.4 Å². The van der Waals surface area contributed by atoms with Crippen LogP contribution in [0.4, 0.5) is 0 Å². The smallest absolute Gasteiger partial charge is 0.220 e. The first kappa shape index (κ1) is 24.6. The van der Waals surface area contributed by atoms with Crippen molar-refractivity contribution in [2.75, 3.05) is 13.2 Å². The van der Waals surface area contributed by atoms with Gasteiger partial charge < -0.3 is 14.6 Å². The molecule has 0 saturated carbocycles. The van der Waals surface area contributed by atoms with Crippen LogP contribution in [0, 0.1) is 0 Å². The minimum atomic E-state index is 0.100. The number of nitrogens with zero attached hydrogens (tertiary/aromatic N) is 2. The number of hydrogen-bond donors (Lipinski definition) is 1. The summed E-state index contributed by atoms with van der Waals surface area (Å²) in [4.78, 5) is 17.1.